The molecule has 5 heteroatoms. The minimum absolute atomic E-state index is 0.0175. The molecular weight excluding hydrogens is 294 g/mol. The van der Waals surface area contributed by atoms with Gasteiger partial charge in [0.25, 0.3) is 0 Å². The summed E-state index contributed by atoms with van der Waals surface area (Å²) in [5.41, 5.74) is 6.86. The zero-order chi connectivity index (χ0) is 16.7. The summed E-state index contributed by atoms with van der Waals surface area (Å²) in [5, 5.41) is 0. The number of fused-ring (bicyclic) bond motifs is 1. The smallest absolute Gasteiger partial charge is 0.237 e. The summed E-state index contributed by atoms with van der Waals surface area (Å²) in [6.45, 7) is 3.33. The average molecular weight is 309 g/mol. The van der Waals surface area contributed by atoms with Gasteiger partial charge in [0, 0.05) is 11.1 Å². The molecule has 0 saturated heterocycles. The zero-order valence-corrected chi connectivity index (χ0v) is 12.8. The molecule has 1 aromatic carbocycles. The van der Waals surface area contributed by atoms with Crippen molar-refractivity contribution in [1.29, 1.82) is 0 Å². The number of carbonyl (C=O) groups is 3. The number of hydrogen-bond acceptors (Lipinski definition) is 5. The van der Waals surface area contributed by atoms with Crippen LogP contribution in [0.2, 0.25) is 0 Å². The molecule has 2 aromatic rings. The van der Waals surface area contributed by atoms with Gasteiger partial charge in [-0.05, 0) is 13.3 Å². The maximum Gasteiger partial charge on any atom is 0.237 e. The quantitative estimate of drug-likeness (QED) is 0.695. The first-order valence-electron chi connectivity index (χ1n) is 7.28. The van der Waals surface area contributed by atoms with Crippen molar-refractivity contribution >= 4 is 23.0 Å². The summed E-state index contributed by atoms with van der Waals surface area (Å²) < 4.78 is 5.57. The molecule has 0 bridgehead atoms. The number of allylic oxidation sites excluding steroid dienone is 1. The van der Waals surface area contributed by atoms with Crippen molar-refractivity contribution in [1.82, 2.24) is 0 Å². The van der Waals surface area contributed by atoms with Crippen LogP contribution < -0.4 is 5.73 Å². The lowest BCUT2D eigenvalue weighted by Gasteiger charge is -2.14. The van der Waals surface area contributed by atoms with Gasteiger partial charge in [-0.1, -0.05) is 37.3 Å². The molecule has 3 rings (SSSR count). The van der Waals surface area contributed by atoms with Gasteiger partial charge in [-0.25, -0.2) is 0 Å². The number of ketones is 3. The largest absolute Gasteiger partial charge is 0.458 e. The Morgan fingerprint density at radius 1 is 1.13 bits per heavy atom. The van der Waals surface area contributed by atoms with Crippen LogP contribution in [0.5, 0.6) is 0 Å². The molecule has 0 amide bonds. The maximum absolute atomic E-state index is 12.7. The van der Waals surface area contributed by atoms with Crippen molar-refractivity contribution in [2.45, 2.75) is 20.3 Å². The number of furan rings is 1. The predicted molar refractivity (Wildman–Crippen MR) is 84.1 cm³/mol. The van der Waals surface area contributed by atoms with E-state index in [1.807, 2.05) is 0 Å². The van der Waals surface area contributed by atoms with E-state index in [1.54, 1.807) is 44.2 Å². The van der Waals surface area contributed by atoms with Crippen LogP contribution in [-0.4, -0.2) is 17.3 Å². The molecule has 5 nitrogen and oxygen atoms in total. The van der Waals surface area contributed by atoms with Crippen LogP contribution in [0.25, 0.3) is 5.70 Å². The van der Waals surface area contributed by atoms with Crippen LogP contribution in [0, 0.1) is 6.92 Å². The minimum Gasteiger partial charge on any atom is -0.458 e. The maximum atomic E-state index is 12.7. The number of benzene rings is 1. The highest BCUT2D eigenvalue weighted by Crippen LogP contribution is 2.34. The molecule has 2 N–H and O–H groups in total. The standard InChI is InChI=1S/C18H15NO4/c1-3-11-14(19)18-13(17(22)16(11)21)12(9(2)23-18)15(20)10-7-5-4-6-8-10/h4-8H,3,19H2,1-2H3. The Balaban J connectivity index is 2.25. The van der Waals surface area contributed by atoms with Crippen LogP contribution in [0.1, 0.15) is 51.1 Å². The van der Waals surface area contributed by atoms with Crippen molar-refractivity contribution < 1.29 is 18.8 Å². The number of aryl methyl sites for hydroxylation is 1. The molecule has 1 heterocycles. The summed E-state index contributed by atoms with van der Waals surface area (Å²) in [6.07, 6.45) is 0.331. The van der Waals surface area contributed by atoms with E-state index in [-0.39, 0.29) is 39.7 Å². The average Bonchev–Trinajstić information content (AvgIpc) is 2.91. The molecule has 0 fully saturated rings. The second-order valence-electron chi connectivity index (χ2n) is 5.34. The van der Waals surface area contributed by atoms with E-state index in [4.69, 9.17) is 10.2 Å². The number of rotatable bonds is 3. The second kappa shape index (κ2) is 5.35. The van der Waals surface area contributed by atoms with E-state index in [0.717, 1.165) is 0 Å². The summed E-state index contributed by atoms with van der Waals surface area (Å²) >= 11 is 0. The molecule has 116 valence electrons. The van der Waals surface area contributed by atoms with E-state index < -0.39 is 11.6 Å². The van der Waals surface area contributed by atoms with E-state index >= 15 is 0 Å². The highest BCUT2D eigenvalue weighted by Gasteiger charge is 2.38. The minimum atomic E-state index is -0.734. The first kappa shape index (κ1) is 15.0. The predicted octanol–water partition coefficient (Wildman–Crippen LogP) is 2.66. The third-order valence-corrected chi connectivity index (χ3v) is 3.98. The lowest BCUT2D eigenvalue weighted by molar-refractivity contribution is -0.112. The fraction of sp³-hybridized carbons (Fsp3) is 0.167. The third-order valence-electron chi connectivity index (χ3n) is 3.98. The number of carbonyl (C=O) groups excluding carboxylic acids is 3. The lowest BCUT2D eigenvalue weighted by Crippen LogP contribution is -2.27. The van der Waals surface area contributed by atoms with Gasteiger partial charge in [-0.3, -0.25) is 14.4 Å². The van der Waals surface area contributed by atoms with Gasteiger partial charge >= 0.3 is 0 Å². The van der Waals surface area contributed by atoms with Gasteiger partial charge in [0.1, 0.15) is 5.76 Å². The Morgan fingerprint density at radius 2 is 1.78 bits per heavy atom. The van der Waals surface area contributed by atoms with Crippen molar-refractivity contribution in [2.75, 3.05) is 0 Å². The van der Waals surface area contributed by atoms with Crippen molar-refractivity contribution in [3.8, 4) is 0 Å². The second-order valence-corrected chi connectivity index (χ2v) is 5.34. The van der Waals surface area contributed by atoms with Crippen LogP contribution in [0.15, 0.2) is 40.3 Å². The summed E-state index contributed by atoms with van der Waals surface area (Å²) in [4.78, 5) is 37.4. The van der Waals surface area contributed by atoms with Crippen LogP contribution >= 0.6 is 0 Å². The molecule has 0 spiro atoms. The normalized spacial score (nSPS) is 14.2. The van der Waals surface area contributed by atoms with Crippen LogP contribution in [-0.2, 0) is 4.79 Å². The molecule has 0 unspecified atom stereocenters. The monoisotopic (exact) mass is 309 g/mol. The molecule has 0 saturated carbocycles. The van der Waals surface area contributed by atoms with Crippen molar-refractivity contribution in [3.05, 3.63) is 64.1 Å². The van der Waals surface area contributed by atoms with Crippen molar-refractivity contribution in [2.24, 2.45) is 5.73 Å². The molecule has 23 heavy (non-hydrogen) atoms. The molecule has 0 aliphatic heterocycles. The van der Waals surface area contributed by atoms with Gasteiger partial charge in [-0.15, -0.1) is 0 Å². The molecular formula is C18H15NO4. The Bertz CT molecular complexity index is 872. The first-order valence-corrected chi connectivity index (χ1v) is 7.28. The number of Topliss-reactive ketones (excluding diaryl/α,β-unsaturated/α-hetero) is 2. The Kier molecular flexibility index (Phi) is 3.48. The van der Waals surface area contributed by atoms with Gasteiger partial charge in [-0.2, -0.15) is 0 Å². The molecule has 1 aliphatic carbocycles. The SMILES string of the molecule is CCC1=C(N)c2oc(C)c(C(=O)c3ccccc3)c2C(=O)C1=O. The van der Waals surface area contributed by atoms with Gasteiger partial charge in [0.15, 0.2) is 11.5 Å². The fourth-order valence-corrected chi connectivity index (χ4v) is 2.82. The van der Waals surface area contributed by atoms with Gasteiger partial charge in [0.05, 0.1) is 16.8 Å². The third kappa shape index (κ3) is 2.12. The van der Waals surface area contributed by atoms with E-state index in [1.165, 1.54) is 0 Å². The van der Waals surface area contributed by atoms with E-state index in [9.17, 15) is 14.4 Å². The fourth-order valence-electron chi connectivity index (χ4n) is 2.82. The van der Waals surface area contributed by atoms with Crippen LogP contribution in [0.4, 0.5) is 0 Å². The molecule has 0 atom stereocenters. The summed E-state index contributed by atoms with van der Waals surface area (Å²) in [5.74, 6) is -1.35. The topological polar surface area (TPSA) is 90.4 Å². The Hall–Kier alpha value is -2.95. The Morgan fingerprint density at radius 3 is 2.39 bits per heavy atom. The van der Waals surface area contributed by atoms with Gasteiger partial charge in [0.2, 0.25) is 11.6 Å². The number of hydrogen-bond donors (Lipinski definition) is 1. The highest BCUT2D eigenvalue weighted by atomic mass is 16.3. The first-order chi connectivity index (χ1) is 11.0. The number of nitrogens with two attached hydrogens (primary N) is 1. The molecule has 1 aromatic heterocycles. The van der Waals surface area contributed by atoms with Gasteiger partial charge < -0.3 is 10.2 Å². The Labute approximate surface area is 132 Å². The molecule has 1 aliphatic rings. The summed E-state index contributed by atoms with van der Waals surface area (Å²) in [7, 11) is 0. The van der Waals surface area contributed by atoms with E-state index in [2.05, 4.69) is 0 Å². The van der Waals surface area contributed by atoms with Crippen molar-refractivity contribution in [3.63, 3.8) is 0 Å². The zero-order valence-electron chi connectivity index (χ0n) is 12.8. The highest BCUT2D eigenvalue weighted by molar-refractivity contribution is 6.53. The van der Waals surface area contributed by atoms with E-state index in [0.29, 0.717) is 12.0 Å². The summed E-state index contributed by atoms with van der Waals surface area (Å²) in [6, 6.07) is 8.54. The lowest BCUT2D eigenvalue weighted by atomic mass is 9.87. The van der Waals surface area contributed by atoms with Crippen LogP contribution in [0.3, 0.4) is 0 Å². The molecule has 0 radical (unpaired) electrons.